The Bertz CT molecular complexity index is 290. The van der Waals surface area contributed by atoms with Crippen molar-refractivity contribution in [1.29, 1.82) is 0 Å². The number of halogens is 3. The molecule has 0 aromatic carbocycles. The van der Waals surface area contributed by atoms with Crippen LogP contribution in [0.25, 0.3) is 0 Å². The van der Waals surface area contributed by atoms with Crippen LogP contribution < -0.4 is 0 Å². The summed E-state index contributed by atoms with van der Waals surface area (Å²) in [5, 5.41) is 0. The second-order valence-electron chi connectivity index (χ2n) is 6.60. The third kappa shape index (κ3) is 5.78. The molecule has 21 heavy (non-hydrogen) atoms. The van der Waals surface area contributed by atoms with Crippen LogP contribution in [0.5, 0.6) is 0 Å². The Hall–Kier alpha value is -0.290. The predicted octanol–water partition coefficient (Wildman–Crippen LogP) is 4.92. The van der Waals surface area contributed by atoms with Gasteiger partial charge in [-0.15, -0.1) is 0 Å². The lowest BCUT2D eigenvalue weighted by Gasteiger charge is -2.37. The summed E-state index contributed by atoms with van der Waals surface area (Å²) in [7, 11) is 0. The molecular formula is C16H27F3O2. The molecule has 0 N–H and O–H groups in total. The van der Waals surface area contributed by atoms with Crippen molar-refractivity contribution in [3.63, 3.8) is 0 Å². The molecule has 2 aliphatic rings. The molecule has 2 rings (SSSR count). The molecule has 1 saturated heterocycles. The molecule has 1 saturated carbocycles. The van der Waals surface area contributed by atoms with Gasteiger partial charge in [0.05, 0.1) is 13.2 Å². The Kier molecular flexibility index (Phi) is 6.35. The van der Waals surface area contributed by atoms with Gasteiger partial charge < -0.3 is 9.47 Å². The largest absolute Gasteiger partial charge is 0.389 e. The first-order chi connectivity index (χ1) is 9.98. The zero-order valence-electron chi connectivity index (χ0n) is 12.8. The molecule has 0 atom stereocenters. The fourth-order valence-corrected chi connectivity index (χ4v) is 3.46. The van der Waals surface area contributed by atoms with Gasteiger partial charge >= 0.3 is 6.18 Å². The normalized spacial score (nSPS) is 34.9. The highest BCUT2D eigenvalue weighted by molar-refractivity contribution is 4.76. The summed E-state index contributed by atoms with van der Waals surface area (Å²) >= 11 is 0. The van der Waals surface area contributed by atoms with E-state index >= 15 is 0 Å². The molecule has 0 amide bonds. The minimum atomic E-state index is -4.04. The van der Waals surface area contributed by atoms with E-state index in [1.165, 1.54) is 19.3 Å². The van der Waals surface area contributed by atoms with Gasteiger partial charge in [0.1, 0.15) is 0 Å². The van der Waals surface area contributed by atoms with E-state index in [1.54, 1.807) is 0 Å². The Morgan fingerprint density at radius 3 is 2.10 bits per heavy atom. The summed E-state index contributed by atoms with van der Waals surface area (Å²) in [6, 6.07) is 0. The molecule has 0 aromatic heterocycles. The molecule has 0 spiro atoms. The molecule has 0 bridgehead atoms. The molecule has 0 aromatic rings. The molecule has 0 radical (unpaired) electrons. The predicted molar refractivity (Wildman–Crippen MR) is 74.8 cm³/mol. The van der Waals surface area contributed by atoms with E-state index in [0.717, 1.165) is 18.8 Å². The zero-order valence-corrected chi connectivity index (χ0v) is 12.8. The van der Waals surface area contributed by atoms with E-state index < -0.39 is 12.6 Å². The van der Waals surface area contributed by atoms with Crippen molar-refractivity contribution in [2.75, 3.05) is 13.2 Å². The van der Waals surface area contributed by atoms with Crippen LogP contribution in [0, 0.1) is 17.8 Å². The smallest absolute Gasteiger partial charge is 0.352 e. The van der Waals surface area contributed by atoms with Gasteiger partial charge in [-0.2, -0.15) is 13.2 Å². The molecule has 1 aliphatic carbocycles. The lowest BCUT2D eigenvalue weighted by Crippen LogP contribution is -2.38. The first-order valence-electron chi connectivity index (χ1n) is 8.28. The van der Waals surface area contributed by atoms with Crippen molar-refractivity contribution in [3.8, 4) is 0 Å². The molecule has 1 aliphatic heterocycles. The van der Waals surface area contributed by atoms with E-state index in [4.69, 9.17) is 9.47 Å². The lowest BCUT2D eigenvalue weighted by molar-refractivity contribution is -0.230. The van der Waals surface area contributed by atoms with Gasteiger partial charge in [-0.1, -0.05) is 26.2 Å². The van der Waals surface area contributed by atoms with Gasteiger partial charge in [0.25, 0.3) is 0 Å². The second-order valence-corrected chi connectivity index (χ2v) is 6.60. The van der Waals surface area contributed by atoms with Gasteiger partial charge in [0, 0.05) is 18.3 Å². The van der Waals surface area contributed by atoms with Gasteiger partial charge in [0.2, 0.25) is 0 Å². The summed E-state index contributed by atoms with van der Waals surface area (Å²) in [6.45, 7) is 3.34. The highest BCUT2D eigenvalue weighted by Gasteiger charge is 2.32. The maximum Gasteiger partial charge on any atom is 0.389 e. The maximum absolute atomic E-state index is 12.1. The van der Waals surface area contributed by atoms with Crippen molar-refractivity contribution in [2.45, 2.75) is 70.8 Å². The number of hydrogen-bond donors (Lipinski definition) is 0. The van der Waals surface area contributed by atoms with Gasteiger partial charge in [0.15, 0.2) is 6.29 Å². The van der Waals surface area contributed by atoms with E-state index in [2.05, 4.69) is 6.92 Å². The van der Waals surface area contributed by atoms with Crippen LogP contribution in [-0.4, -0.2) is 25.7 Å². The molecule has 2 fully saturated rings. The molecule has 0 unspecified atom stereocenters. The zero-order chi connectivity index (χ0) is 15.3. The Morgan fingerprint density at radius 2 is 1.57 bits per heavy atom. The number of hydrogen-bond acceptors (Lipinski definition) is 2. The third-order valence-corrected chi connectivity index (χ3v) is 4.92. The van der Waals surface area contributed by atoms with Crippen LogP contribution in [-0.2, 0) is 9.47 Å². The highest BCUT2D eigenvalue weighted by atomic mass is 19.4. The SMILES string of the molecule is CCC1CCC(C2OCC(CCCC(F)(F)F)CO2)CC1. The monoisotopic (exact) mass is 308 g/mol. The standard InChI is InChI=1S/C16H27F3O2/c1-2-12-5-7-14(8-6-12)15-20-10-13(11-21-15)4-3-9-16(17,18)19/h12-15H,2-11H2,1H3. The fraction of sp³-hybridized carbons (Fsp3) is 1.00. The average molecular weight is 308 g/mol. The van der Waals surface area contributed by atoms with Crippen LogP contribution in [0.15, 0.2) is 0 Å². The van der Waals surface area contributed by atoms with Crippen molar-refractivity contribution in [2.24, 2.45) is 17.8 Å². The first kappa shape index (κ1) is 17.1. The Labute approximate surface area is 125 Å². The summed E-state index contributed by atoms with van der Waals surface area (Å²) in [5.74, 6) is 1.44. The highest BCUT2D eigenvalue weighted by Crippen LogP contribution is 2.35. The van der Waals surface area contributed by atoms with Crippen LogP contribution in [0.2, 0.25) is 0 Å². The number of alkyl halides is 3. The Morgan fingerprint density at radius 1 is 0.952 bits per heavy atom. The summed E-state index contributed by atoms with van der Waals surface area (Å²) < 4.78 is 47.9. The number of rotatable bonds is 5. The minimum absolute atomic E-state index is 0.121. The van der Waals surface area contributed by atoms with Gasteiger partial charge in [-0.25, -0.2) is 0 Å². The third-order valence-electron chi connectivity index (χ3n) is 4.92. The van der Waals surface area contributed by atoms with Crippen LogP contribution in [0.4, 0.5) is 13.2 Å². The van der Waals surface area contributed by atoms with E-state index in [-0.39, 0.29) is 18.6 Å². The maximum atomic E-state index is 12.1. The van der Waals surface area contributed by atoms with Gasteiger partial charge in [-0.3, -0.25) is 0 Å². The van der Waals surface area contributed by atoms with Crippen molar-refractivity contribution in [1.82, 2.24) is 0 Å². The second kappa shape index (κ2) is 7.82. The lowest BCUT2D eigenvalue weighted by atomic mass is 9.80. The topological polar surface area (TPSA) is 18.5 Å². The van der Waals surface area contributed by atoms with Crippen molar-refractivity contribution >= 4 is 0 Å². The molecule has 5 heteroatoms. The van der Waals surface area contributed by atoms with Crippen LogP contribution in [0.1, 0.15) is 58.3 Å². The van der Waals surface area contributed by atoms with E-state index in [0.29, 0.717) is 25.6 Å². The van der Waals surface area contributed by atoms with Crippen molar-refractivity contribution in [3.05, 3.63) is 0 Å². The molecule has 124 valence electrons. The first-order valence-corrected chi connectivity index (χ1v) is 8.28. The molecular weight excluding hydrogens is 281 g/mol. The summed E-state index contributed by atoms with van der Waals surface area (Å²) in [4.78, 5) is 0. The quantitative estimate of drug-likeness (QED) is 0.717. The molecule has 1 heterocycles. The van der Waals surface area contributed by atoms with Crippen LogP contribution in [0.3, 0.4) is 0 Å². The van der Waals surface area contributed by atoms with Crippen LogP contribution >= 0.6 is 0 Å². The number of ether oxygens (including phenoxy) is 2. The van der Waals surface area contributed by atoms with E-state index in [1.807, 2.05) is 0 Å². The minimum Gasteiger partial charge on any atom is -0.352 e. The summed E-state index contributed by atoms with van der Waals surface area (Å²) in [6.07, 6.45) is 1.90. The summed E-state index contributed by atoms with van der Waals surface area (Å²) in [5.41, 5.74) is 0. The van der Waals surface area contributed by atoms with E-state index in [9.17, 15) is 13.2 Å². The molecule has 2 nitrogen and oxygen atoms in total. The van der Waals surface area contributed by atoms with Gasteiger partial charge in [-0.05, 0) is 31.6 Å². The Balaban J connectivity index is 1.62. The van der Waals surface area contributed by atoms with Crippen molar-refractivity contribution < 1.29 is 22.6 Å². The average Bonchev–Trinajstić information content (AvgIpc) is 2.47. The fourth-order valence-electron chi connectivity index (χ4n) is 3.46.